The number of anilines is 1. The molecular formula is C31H26FNO3. The lowest BCUT2D eigenvalue weighted by Gasteiger charge is -2.38. The number of nitrogens with zero attached hydrogens (tertiary/aromatic N) is 1. The molecule has 3 aromatic carbocycles. The molecule has 0 radical (unpaired) electrons. The zero-order valence-electron chi connectivity index (χ0n) is 20.2. The second-order valence-corrected chi connectivity index (χ2v) is 9.88. The molecule has 1 saturated carbocycles. The van der Waals surface area contributed by atoms with Crippen LogP contribution in [-0.4, -0.2) is 17.6 Å². The summed E-state index contributed by atoms with van der Waals surface area (Å²) in [6.45, 7) is 3.84. The van der Waals surface area contributed by atoms with E-state index in [9.17, 15) is 18.8 Å². The third-order valence-electron chi connectivity index (χ3n) is 8.65. The van der Waals surface area contributed by atoms with E-state index in [0.29, 0.717) is 12.8 Å². The number of Topliss-reactive ketones (excluding diaryl/α,β-unsaturated/α-hetero) is 1. The summed E-state index contributed by atoms with van der Waals surface area (Å²) in [5, 5.41) is 0. The molecule has 1 saturated heterocycles. The summed E-state index contributed by atoms with van der Waals surface area (Å²) in [5.41, 5.74) is 1.05. The van der Waals surface area contributed by atoms with E-state index in [1.165, 1.54) is 18.2 Å². The summed E-state index contributed by atoms with van der Waals surface area (Å²) < 4.78 is 14.9. The Morgan fingerprint density at radius 2 is 1.08 bits per heavy atom. The van der Waals surface area contributed by atoms with Crippen molar-refractivity contribution in [1.29, 1.82) is 0 Å². The summed E-state index contributed by atoms with van der Waals surface area (Å²) >= 11 is 0. The van der Waals surface area contributed by atoms with Crippen molar-refractivity contribution in [2.45, 2.75) is 26.7 Å². The van der Waals surface area contributed by atoms with Crippen molar-refractivity contribution < 1.29 is 18.8 Å². The molecule has 0 unspecified atom stereocenters. The standard InChI is InChI=1S/C31H26FNO3/c1-3-30-23(19-13-7-5-8-14-19)24(20-15-9-6-10-16-20)31(4-2,29(30)36)26-25(30)27(34)33(28(26)35)22-18-12-11-17-21(22)32/h5-18,25-26H,3-4H2,1-2H3/t25-,26-,30-,31+/m0/s1. The Morgan fingerprint density at radius 3 is 1.50 bits per heavy atom. The molecule has 5 heteroatoms. The minimum absolute atomic E-state index is 0.0474. The average Bonchev–Trinajstić information content (AvgIpc) is 3.41. The van der Waals surface area contributed by atoms with Crippen molar-refractivity contribution in [2.75, 3.05) is 4.90 Å². The summed E-state index contributed by atoms with van der Waals surface area (Å²) in [6, 6.07) is 25.3. The maximum atomic E-state index is 14.9. The Labute approximate surface area is 209 Å². The summed E-state index contributed by atoms with van der Waals surface area (Å²) in [4.78, 5) is 43.8. The van der Waals surface area contributed by atoms with Crippen molar-refractivity contribution in [3.05, 3.63) is 102 Å². The number of rotatable bonds is 5. The van der Waals surface area contributed by atoms with Gasteiger partial charge in [-0.25, -0.2) is 9.29 Å². The molecule has 36 heavy (non-hydrogen) atoms. The number of amides is 2. The van der Waals surface area contributed by atoms with Gasteiger partial charge in [0.1, 0.15) is 5.82 Å². The number of carbonyl (C=O) groups is 3. The first-order valence-electron chi connectivity index (χ1n) is 12.5. The molecule has 2 aliphatic carbocycles. The molecule has 4 atom stereocenters. The Bertz CT molecular complexity index is 1360. The van der Waals surface area contributed by atoms with E-state index in [1.54, 1.807) is 6.07 Å². The van der Waals surface area contributed by atoms with Gasteiger partial charge in [0.15, 0.2) is 5.78 Å². The van der Waals surface area contributed by atoms with Crippen LogP contribution in [0.3, 0.4) is 0 Å². The highest BCUT2D eigenvalue weighted by Crippen LogP contribution is 2.75. The van der Waals surface area contributed by atoms with Gasteiger partial charge in [0.25, 0.3) is 0 Å². The van der Waals surface area contributed by atoms with Gasteiger partial charge in [0.05, 0.1) is 28.4 Å². The molecule has 4 nitrogen and oxygen atoms in total. The van der Waals surface area contributed by atoms with E-state index < -0.39 is 40.3 Å². The summed E-state index contributed by atoms with van der Waals surface area (Å²) in [5.74, 6) is -3.40. The van der Waals surface area contributed by atoms with Crippen LogP contribution in [0.15, 0.2) is 84.9 Å². The highest BCUT2D eigenvalue weighted by Gasteiger charge is 2.80. The van der Waals surface area contributed by atoms with E-state index in [4.69, 9.17) is 0 Å². The molecule has 2 bridgehead atoms. The molecule has 0 aromatic heterocycles. The SMILES string of the molecule is CC[C@]12C(=O)[C@](CC)(C(c3ccccc3)=C1c1ccccc1)[C@@H]1C(=O)N(c3ccccc3F)C(=O)[C@H]12. The number of hydrogen-bond acceptors (Lipinski definition) is 3. The maximum absolute atomic E-state index is 14.9. The Hall–Kier alpha value is -3.86. The van der Waals surface area contributed by atoms with Gasteiger partial charge in [-0.15, -0.1) is 0 Å². The van der Waals surface area contributed by atoms with Crippen LogP contribution in [0.2, 0.25) is 0 Å². The first-order valence-corrected chi connectivity index (χ1v) is 12.5. The highest BCUT2D eigenvalue weighted by atomic mass is 19.1. The number of hydrogen-bond donors (Lipinski definition) is 0. The molecule has 3 aliphatic rings. The van der Waals surface area contributed by atoms with Gasteiger partial charge in [-0.2, -0.15) is 0 Å². The van der Waals surface area contributed by atoms with Crippen LogP contribution in [0, 0.1) is 28.5 Å². The molecule has 3 aromatic rings. The lowest BCUT2D eigenvalue weighted by atomic mass is 9.60. The lowest BCUT2D eigenvalue weighted by Crippen LogP contribution is -2.42. The number of ketones is 1. The Morgan fingerprint density at radius 1 is 0.667 bits per heavy atom. The first kappa shape index (κ1) is 22.6. The first-order chi connectivity index (χ1) is 17.4. The Balaban J connectivity index is 1.69. The maximum Gasteiger partial charge on any atom is 0.239 e. The number of fused-ring (bicyclic) bond motifs is 5. The van der Waals surface area contributed by atoms with E-state index >= 15 is 0 Å². The zero-order chi connectivity index (χ0) is 25.2. The van der Waals surface area contributed by atoms with E-state index in [-0.39, 0.29) is 11.5 Å². The van der Waals surface area contributed by atoms with E-state index in [1.807, 2.05) is 74.5 Å². The van der Waals surface area contributed by atoms with E-state index in [0.717, 1.165) is 27.2 Å². The van der Waals surface area contributed by atoms with Crippen molar-refractivity contribution in [1.82, 2.24) is 0 Å². The molecule has 180 valence electrons. The Kier molecular flexibility index (Phi) is 4.91. The zero-order valence-corrected chi connectivity index (χ0v) is 20.2. The number of benzene rings is 3. The summed E-state index contributed by atoms with van der Waals surface area (Å²) in [6.07, 6.45) is 0.749. The van der Waals surface area contributed by atoms with Crippen molar-refractivity contribution >= 4 is 34.4 Å². The van der Waals surface area contributed by atoms with Crippen LogP contribution in [0.25, 0.3) is 11.1 Å². The third kappa shape index (κ3) is 2.50. The fourth-order valence-corrected chi connectivity index (χ4v) is 7.33. The predicted molar refractivity (Wildman–Crippen MR) is 136 cm³/mol. The van der Waals surface area contributed by atoms with Gasteiger partial charge >= 0.3 is 0 Å². The van der Waals surface area contributed by atoms with Gasteiger partial charge in [0, 0.05) is 0 Å². The van der Waals surface area contributed by atoms with Crippen molar-refractivity contribution in [3.8, 4) is 0 Å². The number of imide groups is 1. The van der Waals surface area contributed by atoms with Crippen LogP contribution in [0.4, 0.5) is 10.1 Å². The molecular weight excluding hydrogens is 453 g/mol. The number of para-hydroxylation sites is 1. The monoisotopic (exact) mass is 479 g/mol. The van der Waals surface area contributed by atoms with Gasteiger partial charge in [0.2, 0.25) is 11.8 Å². The largest absolute Gasteiger partial charge is 0.298 e. The minimum atomic E-state index is -1.17. The molecule has 2 fully saturated rings. The lowest BCUT2D eigenvalue weighted by molar-refractivity contribution is -0.134. The second-order valence-electron chi connectivity index (χ2n) is 9.88. The smallest absolute Gasteiger partial charge is 0.239 e. The van der Waals surface area contributed by atoms with Gasteiger partial charge in [-0.05, 0) is 47.2 Å². The minimum Gasteiger partial charge on any atom is -0.298 e. The quantitative estimate of drug-likeness (QED) is 0.426. The fraction of sp³-hybridized carbons (Fsp3) is 0.258. The van der Waals surface area contributed by atoms with Gasteiger partial charge < -0.3 is 0 Å². The van der Waals surface area contributed by atoms with Crippen LogP contribution >= 0.6 is 0 Å². The molecule has 0 spiro atoms. The summed E-state index contributed by atoms with van der Waals surface area (Å²) in [7, 11) is 0. The molecule has 2 amide bonds. The second kappa shape index (κ2) is 7.82. The van der Waals surface area contributed by atoms with Gasteiger partial charge in [-0.3, -0.25) is 14.4 Å². The number of halogens is 1. The highest BCUT2D eigenvalue weighted by molar-refractivity contribution is 6.34. The normalized spacial score (nSPS) is 28.9. The predicted octanol–water partition coefficient (Wildman–Crippen LogP) is 5.93. The number of allylic oxidation sites excluding steroid dienone is 2. The van der Waals surface area contributed by atoms with Crippen molar-refractivity contribution in [3.63, 3.8) is 0 Å². The third-order valence-corrected chi connectivity index (χ3v) is 8.65. The number of carbonyl (C=O) groups excluding carboxylic acids is 3. The topological polar surface area (TPSA) is 54.5 Å². The molecule has 6 rings (SSSR count). The van der Waals surface area contributed by atoms with Gasteiger partial charge in [-0.1, -0.05) is 86.6 Å². The average molecular weight is 480 g/mol. The van der Waals surface area contributed by atoms with Crippen LogP contribution < -0.4 is 4.90 Å². The van der Waals surface area contributed by atoms with Crippen LogP contribution in [0.5, 0.6) is 0 Å². The van der Waals surface area contributed by atoms with Crippen LogP contribution in [-0.2, 0) is 14.4 Å². The van der Waals surface area contributed by atoms with Crippen LogP contribution in [0.1, 0.15) is 37.8 Å². The molecule has 0 N–H and O–H groups in total. The molecule has 1 aliphatic heterocycles. The van der Waals surface area contributed by atoms with E-state index in [2.05, 4.69) is 0 Å². The van der Waals surface area contributed by atoms with Crippen molar-refractivity contribution in [2.24, 2.45) is 22.7 Å². The fourth-order valence-electron chi connectivity index (χ4n) is 7.33. The molecule has 1 heterocycles.